The number of carbonyl (C=O) groups is 4. The van der Waals surface area contributed by atoms with E-state index in [1.807, 2.05) is 36.0 Å². The summed E-state index contributed by atoms with van der Waals surface area (Å²) >= 11 is 0. The molecule has 0 bridgehead atoms. The molecule has 1 saturated carbocycles. The SMILES string of the molecule is Cc1ccc(-c2cn3ccc(N(C)CCOc4ccc5c(c4)C(=O)N(C4CCC(=O)CCCCC4=O)C5=O)cc3n2)cc1. The van der Waals surface area contributed by atoms with E-state index in [9.17, 15) is 19.2 Å². The van der Waals surface area contributed by atoms with Crippen molar-refractivity contribution < 1.29 is 23.9 Å². The quantitative estimate of drug-likeness (QED) is 0.275. The van der Waals surface area contributed by atoms with Gasteiger partial charge in [0.2, 0.25) is 0 Å². The second-order valence-electron chi connectivity index (χ2n) is 11.4. The van der Waals surface area contributed by atoms with E-state index in [0.29, 0.717) is 38.2 Å². The molecule has 9 heteroatoms. The number of rotatable bonds is 7. The van der Waals surface area contributed by atoms with Crippen LogP contribution >= 0.6 is 0 Å². The molecule has 2 aromatic carbocycles. The summed E-state index contributed by atoms with van der Waals surface area (Å²) in [5.41, 5.74) is 5.49. The van der Waals surface area contributed by atoms with Gasteiger partial charge in [0.05, 0.1) is 29.4 Å². The Labute approximate surface area is 250 Å². The summed E-state index contributed by atoms with van der Waals surface area (Å²) in [5.74, 6) is -0.628. The number of carbonyl (C=O) groups excluding carboxylic acids is 4. The number of amides is 2. The van der Waals surface area contributed by atoms with Gasteiger partial charge in [-0.15, -0.1) is 0 Å². The Morgan fingerprint density at radius 1 is 0.907 bits per heavy atom. The van der Waals surface area contributed by atoms with Gasteiger partial charge in [-0.2, -0.15) is 0 Å². The number of benzene rings is 2. The molecule has 220 valence electrons. The third-order valence-electron chi connectivity index (χ3n) is 8.33. The zero-order valence-electron chi connectivity index (χ0n) is 24.4. The summed E-state index contributed by atoms with van der Waals surface area (Å²) in [6, 6.07) is 16.3. The lowest BCUT2D eigenvalue weighted by Gasteiger charge is -2.24. The van der Waals surface area contributed by atoms with Gasteiger partial charge in [0, 0.05) is 56.0 Å². The number of pyridine rings is 1. The van der Waals surface area contributed by atoms with Gasteiger partial charge in [0.1, 0.15) is 23.8 Å². The van der Waals surface area contributed by atoms with E-state index in [-0.39, 0.29) is 42.0 Å². The predicted octanol–water partition coefficient (Wildman–Crippen LogP) is 5.28. The average Bonchev–Trinajstić information content (AvgIpc) is 3.55. The summed E-state index contributed by atoms with van der Waals surface area (Å²) in [4.78, 5) is 59.5. The summed E-state index contributed by atoms with van der Waals surface area (Å²) < 4.78 is 7.98. The number of aromatic nitrogens is 2. The van der Waals surface area contributed by atoms with E-state index >= 15 is 0 Å². The number of aryl methyl sites for hydroxylation is 1. The number of hydrogen-bond acceptors (Lipinski definition) is 7. The summed E-state index contributed by atoms with van der Waals surface area (Å²) in [5, 5.41) is 0. The fourth-order valence-corrected chi connectivity index (χ4v) is 5.76. The third kappa shape index (κ3) is 5.80. The Kier molecular flexibility index (Phi) is 7.80. The van der Waals surface area contributed by atoms with Gasteiger partial charge in [0.15, 0.2) is 5.78 Å². The largest absolute Gasteiger partial charge is 0.492 e. The lowest BCUT2D eigenvalue weighted by atomic mass is 10.0. The standard InChI is InChI=1S/C34H34N4O5/c1-22-7-9-23(10-8-22)29-21-37-16-15-24(19-32(37)35-29)36(2)17-18-43-26-12-13-27-28(20-26)34(42)38(33(27)41)30-14-11-25(39)5-3-4-6-31(30)40/h7-10,12-13,15-16,19-21,30H,3-6,11,14,17-18H2,1-2H3. The molecule has 0 radical (unpaired) electrons. The van der Waals surface area contributed by atoms with E-state index in [1.54, 1.807) is 18.2 Å². The van der Waals surface area contributed by atoms with E-state index in [2.05, 4.69) is 36.1 Å². The Balaban J connectivity index is 1.10. The first kappa shape index (κ1) is 28.3. The monoisotopic (exact) mass is 578 g/mol. The van der Waals surface area contributed by atoms with Crippen molar-refractivity contribution in [3.05, 3.63) is 83.7 Å². The number of nitrogens with zero attached hydrogens (tertiary/aromatic N) is 4. The minimum absolute atomic E-state index is 0.0636. The average molecular weight is 579 g/mol. The van der Waals surface area contributed by atoms with Crippen LogP contribution in [0.2, 0.25) is 0 Å². The molecule has 2 amide bonds. The lowest BCUT2D eigenvalue weighted by Crippen LogP contribution is -2.45. The molecule has 1 aliphatic heterocycles. The van der Waals surface area contributed by atoms with Crippen LogP contribution in [0.1, 0.15) is 64.8 Å². The number of Topliss-reactive ketones (excluding diaryl/α,β-unsaturated/α-hetero) is 2. The van der Waals surface area contributed by atoms with Crippen molar-refractivity contribution in [1.29, 1.82) is 0 Å². The van der Waals surface area contributed by atoms with Gasteiger partial charge in [-0.25, -0.2) is 4.98 Å². The molecule has 0 saturated heterocycles. The van der Waals surface area contributed by atoms with Crippen LogP contribution in [0.3, 0.4) is 0 Å². The lowest BCUT2D eigenvalue weighted by molar-refractivity contribution is -0.123. The number of fused-ring (bicyclic) bond motifs is 2. The first-order valence-electron chi connectivity index (χ1n) is 14.7. The number of likely N-dealkylation sites (N-methyl/N-ethyl adjacent to an activating group) is 1. The summed E-state index contributed by atoms with van der Waals surface area (Å²) in [6.07, 6.45) is 6.30. The van der Waals surface area contributed by atoms with Gasteiger partial charge in [-0.3, -0.25) is 24.1 Å². The van der Waals surface area contributed by atoms with Crippen molar-refractivity contribution >= 4 is 34.7 Å². The number of hydrogen-bond donors (Lipinski definition) is 0. The van der Waals surface area contributed by atoms with E-state index in [4.69, 9.17) is 9.72 Å². The predicted molar refractivity (Wildman–Crippen MR) is 163 cm³/mol. The highest BCUT2D eigenvalue weighted by Gasteiger charge is 2.42. The number of imide groups is 1. The molecule has 1 fully saturated rings. The fraction of sp³-hybridized carbons (Fsp3) is 0.324. The molecule has 1 unspecified atom stereocenters. The van der Waals surface area contributed by atoms with Crippen LogP contribution in [0.4, 0.5) is 5.69 Å². The van der Waals surface area contributed by atoms with Crippen molar-refractivity contribution in [2.24, 2.45) is 0 Å². The summed E-state index contributed by atoms with van der Waals surface area (Å²) in [7, 11) is 1.97. The van der Waals surface area contributed by atoms with Crippen molar-refractivity contribution in [1.82, 2.24) is 14.3 Å². The molecule has 6 rings (SSSR count). The van der Waals surface area contributed by atoms with Crippen LogP contribution < -0.4 is 9.64 Å². The number of anilines is 1. The van der Waals surface area contributed by atoms with Crippen molar-refractivity contribution in [3.8, 4) is 17.0 Å². The first-order valence-corrected chi connectivity index (χ1v) is 14.7. The zero-order valence-corrected chi connectivity index (χ0v) is 24.4. The van der Waals surface area contributed by atoms with Crippen LogP contribution in [0.15, 0.2) is 67.0 Å². The maximum absolute atomic E-state index is 13.3. The third-order valence-corrected chi connectivity index (χ3v) is 8.33. The van der Waals surface area contributed by atoms with E-state index < -0.39 is 17.9 Å². The molecule has 0 spiro atoms. The fourth-order valence-electron chi connectivity index (χ4n) is 5.76. The highest BCUT2D eigenvalue weighted by Crippen LogP contribution is 2.31. The molecular weight excluding hydrogens is 544 g/mol. The van der Waals surface area contributed by atoms with Crippen LogP contribution in [-0.2, 0) is 9.59 Å². The first-order chi connectivity index (χ1) is 20.8. The molecule has 1 atom stereocenters. The maximum atomic E-state index is 13.3. The Hall–Kier alpha value is -4.79. The number of ketones is 2. The van der Waals surface area contributed by atoms with Gasteiger partial charge in [-0.1, -0.05) is 29.8 Å². The smallest absolute Gasteiger partial charge is 0.262 e. The maximum Gasteiger partial charge on any atom is 0.262 e. The van der Waals surface area contributed by atoms with E-state index in [0.717, 1.165) is 27.5 Å². The van der Waals surface area contributed by atoms with Gasteiger partial charge in [-0.05, 0) is 50.5 Å². The highest BCUT2D eigenvalue weighted by molar-refractivity contribution is 6.23. The minimum atomic E-state index is -0.909. The van der Waals surface area contributed by atoms with Gasteiger partial charge >= 0.3 is 0 Å². The zero-order chi connectivity index (χ0) is 30.1. The van der Waals surface area contributed by atoms with E-state index in [1.165, 1.54) is 5.56 Å². The topological polar surface area (TPSA) is 101 Å². The Morgan fingerprint density at radius 3 is 2.49 bits per heavy atom. The van der Waals surface area contributed by atoms with Gasteiger partial charge < -0.3 is 14.0 Å². The van der Waals surface area contributed by atoms with Gasteiger partial charge in [0.25, 0.3) is 11.8 Å². The van der Waals surface area contributed by atoms with Crippen molar-refractivity contribution in [3.63, 3.8) is 0 Å². The van der Waals surface area contributed by atoms with Crippen LogP contribution in [0.25, 0.3) is 16.9 Å². The van der Waals surface area contributed by atoms with Crippen LogP contribution in [0.5, 0.6) is 5.75 Å². The van der Waals surface area contributed by atoms with Crippen LogP contribution in [-0.4, -0.2) is 63.9 Å². The molecule has 4 aromatic rings. The van der Waals surface area contributed by atoms with Crippen LogP contribution in [0, 0.1) is 6.92 Å². The number of ether oxygens (including phenoxy) is 1. The Morgan fingerprint density at radius 2 is 1.67 bits per heavy atom. The summed E-state index contributed by atoms with van der Waals surface area (Å²) in [6.45, 7) is 2.98. The normalized spacial score (nSPS) is 17.5. The second kappa shape index (κ2) is 11.8. The molecular formula is C34H34N4O5. The molecule has 9 nitrogen and oxygen atoms in total. The molecule has 43 heavy (non-hydrogen) atoms. The highest BCUT2D eigenvalue weighted by atomic mass is 16.5. The Bertz CT molecular complexity index is 1720. The molecule has 3 heterocycles. The van der Waals surface area contributed by atoms with Crippen molar-refractivity contribution in [2.45, 2.75) is 51.5 Å². The molecule has 1 aliphatic carbocycles. The molecule has 2 aliphatic rings. The minimum Gasteiger partial charge on any atom is -0.492 e. The number of imidazole rings is 1. The molecule has 0 N–H and O–H groups in total. The molecule has 2 aromatic heterocycles. The second-order valence-corrected chi connectivity index (χ2v) is 11.4. The van der Waals surface area contributed by atoms with Crippen molar-refractivity contribution in [2.75, 3.05) is 25.1 Å².